The van der Waals surface area contributed by atoms with E-state index in [1.165, 1.54) is 4.90 Å². The van der Waals surface area contributed by atoms with Crippen LogP contribution in [0.3, 0.4) is 0 Å². The van der Waals surface area contributed by atoms with Gasteiger partial charge in [-0.25, -0.2) is 0 Å². The van der Waals surface area contributed by atoms with Gasteiger partial charge in [-0.15, -0.1) is 0 Å². The lowest BCUT2D eigenvalue weighted by atomic mass is 10.1. The molecule has 0 saturated heterocycles. The zero-order valence-electron chi connectivity index (χ0n) is 17.7. The van der Waals surface area contributed by atoms with E-state index >= 15 is 0 Å². The molecule has 2 aromatic carbocycles. The van der Waals surface area contributed by atoms with Crippen molar-refractivity contribution in [3.63, 3.8) is 0 Å². The highest BCUT2D eigenvalue weighted by molar-refractivity contribution is 6.05. The molecule has 2 aromatic rings. The third-order valence-corrected chi connectivity index (χ3v) is 5.06. The average Bonchev–Trinajstić information content (AvgIpc) is 2.83. The van der Waals surface area contributed by atoms with Crippen LogP contribution in [0.5, 0.6) is 5.75 Å². The first-order valence-electron chi connectivity index (χ1n) is 9.95. The summed E-state index contributed by atoms with van der Waals surface area (Å²) in [7, 11) is 1.58. The van der Waals surface area contributed by atoms with Gasteiger partial charge in [-0.2, -0.15) is 0 Å². The zero-order chi connectivity index (χ0) is 21.8. The second kappa shape index (κ2) is 8.98. The molecule has 0 aliphatic carbocycles. The van der Waals surface area contributed by atoms with Crippen LogP contribution >= 0.6 is 0 Å². The third-order valence-electron chi connectivity index (χ3n) is 5.06. The van der Waals surface area contributed by atoms with Gasteiger partial charge in [0.15, 0.2) is 6.10 Å². The van der Waals surface area contributed by atoms with Crippen LogP contribution in [0.2, 0.25) is 0 Å². The summed E-state index contributed by atoms with van der Waals surface area (Å²) in [6.45, 7) is 5.34. The second-order valence-electron chi connectivity index (χ2n) is 7.65. The molecule has 1 aliphatic rings. The standard InChI is InChI=1S/C23H27N3O4/c1-15-9-11-18(12-10-15)30-17(3)23(29)25(4)14-22(28)26-16(2)13-21(27)24-19-7-5-6-8-20(19)26/h5-12,16-17H,13-14H2,1-4H3,(H,24,27). The number of aryl methyl sites for hydroxylation is 1. The summed E-state index contributed by atoms with van der Waals surface area (Å²) in [5.41, 5.74) is 2.32. The maximum atomic E-state index is 13.1. The zero-order valence-corrected chi connectivity index (χ0v) is 17.7. The lowest BCUT2D eigenvalue weighted by Gasteiger charge is -2.30. The average molecular weight is 409 g/mol. The summed E-state index contributed by atoms with van der Waals surface area (Å²) in [6.07, 6.45) is -0.548. The van der Waals surface area contributed by atoms with Crippen LogP contribution in [0.4, 0.5) is 11.4 Å². The molecule has 3 amide bonds. The van der Waals surface area contributed by atoms with E-state index in [1.54, 1.807) is 37.1 Å². The normalized spacial score (nSPS) is 16.7. The predicted molar refractivity (Wildman–Crippen MR) is 116 cm³/mol. The van der Waals surface area contributed by atoms with Gasteiger partial charge < -0.3 is 19.9 Å². The number of likely N-dealkylation sites (N-methyl/N-ethyl adjacent to an activating group) is 1. The summed E-state index contributed by atoms with van der Waals surface area (Å²) in [6, 6.07) is 14.3. The quantitative estimate of drug-likeness (QED) is 0.823. The first-order chi connectivity index (χ1) is 14.3. The maximum absolute atomic E-state index is 13.1. The number of rotatable bonds is 5. The number of amides is 3. The molecular weight excluding hydrogens is 382 g/mol. The number of ether oxygens (including phenoxy) is 1. The van der Waals surface area contributed by atoms with Gasteiger partial charge in [0.2, 0.25) is 11.8 Å². The third kappa shape index (κ3) is 4.79. The Morgan fingerprint density at radius 2 is 1.87 bits per heavy atom. The monoisotopic (exact) mass is 409 g/mol. The maximum Gasteiger partial charge on any atom is 0.263 e. The van der Waals surface area contributed by atoms with Crippen LogP contribution < -0.4 is 15.0 Å². The molecule has 0 radical (unpaired) electrons. The second-order valence-corrected chi connectivity index (χ2v) is 7.65. The van der Waals surface area contributed by atoms with Crippen molar-refractivity contribution < 1.29 is 19.1 Å². The molecule has 1 heterocycles. The highest BCUT2D eigenvalue weighted by atomic mass is 16.5. The van der Waals surface area contributed by atoms with Gasteiger partial charge in [0.25, 0.3) is 5.91 Å². The smallest absolute Gasteiger partial charge is 0.263 e. The first kappa shape index (κ1) is 21.4. The minimum Gasteiger partial charge on any atom is -0.481 e. The molecule has 30 heavy (non-hydrogen) atoms. The van der Waals surface area contributed by atoms with Crippen molar-refractivity contribution >= 4 is 29.1 Å². The first-order valence-corrected chi connectivity index (χ1v) is 9.95. The van der Waals surface area contributed by atoms with E-state index < -0.39 is 6.10 Å². The summed E-state index contributed by atoms with van der Waals surface area (Å²) >= 11 is 0. The molecule has 0 bridgehead atoms. The summed E-state index contributed by atoms with van der Waals surface area (Å²) < 4.78 is 5.72. The lowest BCUT2D eigenvalue weighted by molar-refractivity contribution is -0.139. The fourth-order valence-corrected chi connectivity index (χ4v) is 3.51. The van der Waals surface area contributed by atoms with E-state index in [2.05, 4.69) is 5.32 Å². The molecule has 7 heteroatoms. The fourth-order valence-electron chi connectivity index (χ4n) is 3.51. The lowest BCUT2D eigenvalue weighted by Crippen LogP contribution is -2.47. The molecular formula is C23H27N3O4. The Hall–Kier alpha value is -3.35. The van der Waals surface area contributed by atoms with Crippen molar-refractivity contribution in [3.8, 4) is 5.75 Å². The molecule has 2 atom stereocenters. The molecule has 158 valence electrons. The Kier molecular flexibility index (Phi) is 6.40. The number of carbonyl (C=O) groups excluding carboxylic acids is 3. The number of carbonyl (C=O) groups is 3. The number of anilines is 2. The molecule has 3 rings (SSSR count). The van der Waals surface area contributed by atoms with Gasteiger partial charge in [0, 0.05) is 19.5 Å². The van der Waals surface area contributed by atoms with Crippen molar-refractivity contribution in [3.05, 3.63) is 54.1 Å². The summed E-state index contributed by atoms with van der Waals surface area (Å²) in [5.74, 6) is -0.102. The largest absolute Gasteiger partial charge is 0.481 e. The van der Waals surface area contributed by atoms with Gasteiger partial charge >= 0.3 is 0 Å². The number of fused-ring (bicyclic) bond motifs is 1. The van der Waals surface area contributed by atoms with E-state index in [0.717, 1.165) is 5.56 Å². The molecule has 1 aliphatic heterocycles. The molecule has 0 saturated carbocycles. The van der Waals surface area contributed by atoms with Crippen molar-refractivity contribution in [2.45, 2.75) is 39.3 Å². The molecule has 0 spiro atoms. The highest BCUT2D eigenvalue weighted by Gasteiger charge is 2.31. The Morgan fingerprint density at radius 1 is 1.20 bits per heavy atom. The SMILES string of the molecule is Cc1ccc(OC(C)C(=O)N(C)CC(=O)N2c3ccccc3NC(=O)CC2C)cc1. The van der Waals surface area contributed by atoms with E-state index in [4.69, 9.17) is 4.74 Å². The van der Waals surface area contributed by atoms with Gasteiger partial charge in [0.05, 0.1) is 17.9 Å². The van der Waals surface area contributed by atoms with Gasteiger partial charge in [0.1, 0.15) is 5.75 Å². The Bertz CT molecular complexity index is 942. The minimum absolute atomic E-state index is 0.118. The molecule has 1 N–H and O–H groups in total. The van der Waals surface area contributed by atoms with Crippen LogP contribution in [-0.2, 0) is 14.4 Å². The molecule has 2 unspecified atom stereocenters. The van der Waals surface area contributed by atoms with Crippen molar-refractivity contribution in [2.75, 3.05) is 23.8 Å². The summed E-state index contributed by atoms with van der Waals surface area (Å²) in [5, 5.41) is 2.83. The van der Waals surface area contributed by atoms with Crippen LogP contribution in [-0.4, -0.2) is 48.4 Å². The summed E-state index contributed by atoms with van der Waals surface area (Å²) in [4.78, 5) is 40.9. The number of hydrogen-bond acceptors (Lipinski definition) is 4. The molecule has 7 nitrogen and oxygen atoms in total. The topological polar surface area (TPSA) is 79.0 Å². The number of para-hydroxylation sites is 2. The number of benzene rings is 2. The number of hydrogen-bond donors (Lipinski definition) is 1. The Morgan fingerprint density at radius 3 is 2.57 bits per heavy atom. The van der Waals surface area contributed by atoms with E-state index in [9.17, 15) is 14.4 Å². The molecule has 0 aromatic heterocycles. The van der Waals surface area contributed by atoms with Crippen LogP contribution in [0.15, 0.2) is 48.5 Å². The van der Waals surface area contributed by atoms with E-state index in [1.807, 2.05) is 44.2 Å². The van der Waals surface area contributed by atoms with Crippen LogP contribution in [0.25, 0.3) is 0 Å². The van der Waals surface area contributed by atoms with Crippen LogP contribution in [0, 0.1) is 6.92 Å². The Labute approximate surface area is 176 Å². The highest BCUT2D eigenvalue weighted by Crippen LogP contribution is 2.31. The van der Waals surface area contributed by atoms with Gasteiger partial charge in [-0.05, 0) is 45.0 Å². The Balaban J connectivity index is 1.70. The van der Waals surface area contributed by atoms with Crippen LogP contribution in [0.1, 0.15) is 25.8 Å². The van der Waals surface area contributed by atoms with Crippen molar-refractivity contribution in [2.24, 2.45) is 0 Å². The fraction of sp³-hybridized carbons (Fsp3) is 0.348. The van der Waals surface area contributed by atoms with E-state index in [-0.39, 0.29) is 36.7 Å². The van der Waals surface area contributed by atoms with Crippen molar-refractivity contribution in [1.29, 1.82) is 0 Å². The molecule has 0 fully saturated rings. The predicted octanol–water partition coefficient (Wildman–Crippen LogP) is 2.98. The minimum atomic E-state index is -0.734. The van der Waals surface area contributed by atoms with Gasteiger partial charge in [-0.1, -0.05) is 29.8 Å². The number of nitrogens with one attached hydrogen (secondary N) is 1. The number of nitrogens with zero attached hydrogens (tertiary/aromatic N) is 2. The van der Waals surface area contributed by atoms with Gasteiger partial charge in [-0.3, -0.25) is 14.4 Å². The van der Waals surface area contributed by atoms with Crippen molar-refractivity contribution in [1.82, 2.24) is 4.90 Å². The van der Waals surface area contributed by atoms with E-state index in [0.29, 0.717) is 17.1 Å².